The number of rotatable bonds is 3. The topological polar surface area (TPSA) is 39.4 Å². The van der Waals surface area contributed by atoms with Gasteiger partial charge in [-0.15, -0.1) is 0 Å². The van der Waals surface area contributed by atoms with Gasteiger partial charge in [0.05, 0.1) is 5.56 Å². The minimum atomic E-state index is 0.0834. The molecule has 1 aromatic carbocycles. The average molecular weight is 258 g/mol. The van der Waals surface area contributed by atoms with Crippen molar-refractivity contribution < 1.29 is 13.9 Å². The number of benzene rings is 1. The summed E-state index contributed by atoms with van der Waals surface area (Å²) in [7, 11) is 0. The summed E-state index contributed by atoms with van der Waals surface area (Å²) in [5, 5.41) is 0.954. The molecule has 0 aliphatic carbocycles. The van der Waals surface area contributed by atoms with Crippen LogP contribution in [-0.2, 0) is 11.2 Å². The van der Waals surface area contributed by atoms with Gasteiger partial charge in [0.2, 0.25) is 0 Å². The molecule has 2 aromatic rings. The Hall–Kier alpha value is -1.61. The minimum absolute atomic E-state index is 0.0834. The Labute approximate surface area is 112 Å². The number of carbonyl (C=O) groups excluding carboxylic acids is 1. The lowest BCUT2D eigenvalue weighted by molar-refractivity contribution is 0.0544. The van der Waals surface area contributed by atoms with Crippen LogP contribution in [0, 0.1) is 5.92 Å². The smallest absolute Gasteiger partial charge is 0.170 e. The van der Waals surface area contributed by atoms with Gasteiger partial charge in [0.1, 0.15) is 11.3 Å². The second-order valence-electron chi connectivity index (χ2n) is 5.00. The van der Waals surface area contributed by atoms with Crippen molar-refractivity contribution >= 4 is 16.8 Å². The largest absolute Gasteiger partial charge is 0.460 e. The molecule has 0 saturated carbocycles. The number of hydrogen-bond donors (Lipinski definition) is 0. The van der Waals surface area contributed by atoms with E-state index < -0.39 is 0 Å². The van der Waals surface area contributed by atoms with Crippen LogP contribution in [-0.4, -0.2) is 19.0 Å². The van der Waals surface area contributed by atoms with Gasteiger partial charge in [0, 0.05) is 30.9 Å². The van der Waals surface area contributed by atoms with Gasteiger partial charge in [-0.3, -0.25) is 4.79 Å². The SMILES string of the molecule is CCc1oc2ccccc2c1C(=O)C1CCOCC1. The van der Waals surface area contributed by atoms with Gasteiger partial charge in [0.25, 0.3) is 0 Å². The highest BCUT2D eigenvalue weighted by atomic mass is 16.5. The zero-order valence-electron chi connectivity index (χ0n) is 11.1. The number of aryl methyl sites for hydroxylation is 1. The number of furan rings is 1. The van der Waals surface area contributed by atoms with Crippen LogP contribution >= 0.6 is 0 Å². The summed E-state index contributed by atoms with van der Waals surface area (Å²) < 4.78 is 11.1. The Morgan fingerprint density at radius 3 is 2.74 bits per heavy atom. The molecule has 1 aromatic heterocycles. The highest BCUT2D eigenvalue weighted by Gasteiger charge is 2.28. The average Bonchev–Trinajstić information content (AvgIpc) is 2.86. The molecule has 100 valence electrons. The van der Waals surface area contributed by atoms with E-state index in [1.54, 1.807) is 0 Å². The molecule has 19 heavy (non-hydrogen) atoms. The highest BCUT2D eigenvalue weighted by molar-refractivity contribution is 6.09. The minimum Gasteiger partial charge on any atom is -0.460 e. The van der Waals surface area contributed by atoms with E-state index in [2.05, 4.69) is 0 Å². The van der Waals surface area contributed by atoms with Gasteiger partial charge in [-0.05, 0) is 18.9 Å². The maximum Gasteiger partial charge on any atom is 0.170 e. The third-order valence-corrected chi connectivity index (χ3v) is 3.83. The summed E-state index contributed by atoms with van der Waals surface area (Å²) in [6.45, 7) is 3.40. The fourth-order valence-corrected chi connectivity index (χ4v) is 2.78. The molecule has 3 rings (SSSR count). The van der Waals surface area contributed by atoms with Gasteiger partial charge in [-0.1, -0.05) is 25.1 Å². The lowest BCUT2D eigenvalue weighted by Crippen LogP contribution is -2.24. The van der Waals surface area contributed by atoms with Crippen molar-refractivity contribution in [2.45, 2.75) is 26.2 Å². The third-order valence-electron chi connectivity index (χ3n) is 3.83. The van der Waals surface area contributed by atoms with Crippen LogP contribution in [0.15, 0.2) is 28.7 Å². The van der Waals surface area contributed by atoms with Crippen LogP contribution in [0.1, 0.15) is 35.9 Å². The molecule has 0 amide bonds. The van der Waals surface area contributed by atoms with E-state index in [9.17, 15) is 4.79 Å². The van der Waals surface area contributed by atoms with Crippen LogP contribution in [0.3, 0.4) is 0 Å². The Morgan fingerprint density at radius 1 is 1.26 bits per heavy atom. The highest BCUT2D eigenvalue weighted by Crippen LogP contribution is 2.30. The second-order valence-corrected chi connectivity index (χ2v) is 5.00. The van der Waals surface area contributed by atoms with Gasteiger partial charge in [0.15, 0.2) is 5.78 Å². The molecule has 1 aliphatic heterocycles. The summed E-state index contributed by atoms with van der Waals surface area (Å²) in [6, 6.07) is 7.80. The Kier molecular flexibility index (Phi) is 3.38. The maximum absolute atomic E-state index is 12.7. The fourth-order valence-electron chi connectivity index (χ4n) is 2.78. The van der Waals surface area contributed by atoms with Crippen LogP contribution in [0.4, 0.5) is 0 Å². The van der Waals surface area contributed by atoms with E-state index in [0.29, 0.717) is 13.2 Å². The number of carbonyl (C=O) groups is 1. The Balaban J connectivity index is 2.04. The van der Waals surface area contributed by atoms with Crippen LogP contribution in [0.2, 0.25) is 0 Å². The molecular weight excluding hydrogens is 240 g/mol. The van der Waals surface area contributed by atoms with Gasteiger partial charge >= 0.3 is 0 Å². The zero-order valence-corrected chi connectivity index (χ0v) is 11.1. The number of Topliss-reactive ketones (excluding diaryl/α,β-unsaturated/α-hetero) is 1. The fraction of sp³-hybridized carbons (Fsp3) is 0.438. The lowest BCUT2D eigenvalue weighted by Gasteiger charge is -2.20. The molecule has 3 heteroatoms. The number of fused-ring (bicyclic) bond motifs is 1. The normalized spacial score (nSPS) is 16.9. The number of ketones is 1. The van der Waals surface area contributed by atoms with Crippen LogP contribution in [0.25, 0.3) is 11.0 Å². The van der Waals surface area contributed by atoms with Crippen molar-refractivity contribution in [1.82, 2.24) is 0 Å². The first-order valence-corrected chi connectivity index (χ1v) is 6.93. The van der Waals surface area contributed by atoms with Gasteiger partial charge in [-0.25, -0.2) is 0 Å². The Morgan fingerprint density at radius 2 is 2.00 bits per heavy atom. The summed E-state index contributed by atoms with van der Waals surface area (Å²) >= 11 is 0. The molecule has 0 N–H and O–H groups in total. The van der Waals surface area contributed by atoms with E-state index >= 15 is 0 Å². The summed E-state index contributed by atoms with van der Waals surface area (Å²) in [4.78, 5) is 12.7. The molecule has 1 aliphatic rings. The van der Waals surface area contributed by atoms with E-state index in [0.717, 1.165) is 41.6 Å². The first-order chi connectivity index (χ1) is 9.31. The monoisotopic (exact) mass is 258 g/mol. The quantitative estimate of drug-likeness (QED) is 0.789. The van der Waals surface area contributed by atoms with Crippen molar-refractivity contribution in [3.8, 4) is 0 Å². The molecule has 1 fully saturated rings. The lowest BCUT2D eigenvalue weighted by atomic mass is 9.89. The molecular formula is C16H18O3. The second kappa shape index (κ2) is 5.17. The molecule has 0 atom stereocenters. The molecule has 3 nitrogen and oxygen atoms in total. The maximum atomic E-state index is 12.7. The third kappa shape index (κ3) is 2.19. The summed E-state index contributed by atoms with van der Waals surface area (Å²) in [6.07, 6.45) is 2.39. The molecule has 1 saturated heterocycles. The number of hydrogen-bond acceptors (Lipinski definition) is 3. The van der Waals surface area contributed by atoms with Crippen molar-refractivity contribution in [2.24, 2.45) is 5.92 Å². The number of ether oxygens (including phenoxy) is 1. The van der Waals surface area contributed by atoms with Crippen molar-refractivity contribution in [2.75, 3.05) is 13.2 Å². The van der Waals surface area contributed by atoms with E-state index in [-0.39, 0.29) is 11.7 Å². The predicted octanol–water partition coefficient (Wildman–Crippen LogP) is 3.60. The van der Waals surface area contributed by atoms with Gasteiger partial charge in [-0.2, -0.15) is 0 Å². The molecule has 0 radical (unpaired) electrons. The molecule has 0 spiro atoms. The standard InChI is InChI=1S/C16H18O3/c1-2-13-15(12-5-3-4-6-14(12)19-13)16(17)11-7-9-18-10-8-11/h3-6,11H,2,7-10H2,1H3. The van der Waals surface area contributed by atoms with E-state index in [1.165, 1.54) is 0 Å². The first-order valence-electron chi connectivity index (χ1n) is 6.93. The number of para-hydroxylation sites is 1. The van der Waals surface area contributed by atoms with Crippen molar-refractivity contribution in [3.63, 3.8) is 0 Å². The predicted molar refractivity (Wildman–Crippen MR) is 73.5 cm³/mol. The zero-order chi connectivity index (χ0) is 13.2. The summed E-state index contributed by atoms with van der Waals surface area (Å²) in [5.74, 6) is 1.13. The van der Waals surface area contributed by atoms with Crippen molar-refractivity contribution in [1.29, 1.82) is 0 Å². The van der Waals surface area contributed by atoms with Crippen molar-refractivity contribution in [3.05, 3.63) is 35.6 Å². The van der Waals surface area contributed by atoms with Crippen LogP contribution in [0.5, 0.6) is 0 Å². The molecule has 0 unspecified atom stereocenters. The van der Waals surface area contributed by atoms with Gasteiger partial charge < -0.3 is 9.15 Å². The summed E-state index contributed by atoms with van der Waals surface area (Å²) in [5.41, 5.74) is 1.61. The molecule has 2 heterocycles. The Bertz CT molecular complexity index is 591. The van der Waals surface area contributed by atoms with E-state index in [1.807, 2.05) is 31.2 Å². The first kappa shape index (κ1) is 12.4. The van der Waals surface area contributed by atoms with E-state index in [4.69, 9.17) is 9.15 Å². The van der Waals surface area contributed by atoms with Crippen LogP contribution < -0.4 is 0 Å². The molecule has 0 bridgehead atoms.